The van der Waals surface area contributed by atoms with Crippen molar-refractivity contribution >= 4 is 45.1 Å². The molecule has 0 aliphatic heterocycles. The van der Waals surface area contributed by atoms with Crippen LogP contribution in [-0.4, -0.2) is 18.6 Å². The number of ether oxygens (including phenoxy) is 1. The molecule has 0 aliphatic carbocycles. The lowest BCUT2D eigenvalue weighted by molar-refractivity contribution is 0.102. The highest BCUT2D eigenvalue weighted by Gasteiger charge is 2.10. The molecule has 2 aromatic carbocycles. The monoisotopic (exact) mass is 370 g/mol. The maximum Gasteiger partial charge on any atom is 0.173 e. The standard InChI is InChI=1S/C15H12BrClO2S/c1-19-15-7-10(5-6-13(15)17)14(18)9-20-12-4-2-3-11(16)8-12/h2-8H,9H2,1H3. The van der Waals surface area contributed by atoms with Crippen molar-refractivity contribution in [2.45, 2.75) is 4.90 Å². The molecule has 0 amide bonds. The average molecular weight is 372 g/mol. The van der Waals surface area contributed by atoms with E-state index in [1.54, 1.807) is 18.2 Å². The first-order valence-electron chi connectivity index (χ1n) is 5.85. The van der Waals surface area contributed by atoms with Crippen molar-refractivity contribution in [2.24, 2.45) is 0 Å². The van der Waals surface area contributed by atoms with Gasteiger partial charge in [-0.05, 0) is 36.4 Å². The Morgan fingerprint density at radius 2 is 2.10 bits per heavy atom. The summed E-state index contributed by atoms with van der Waals surface area (Å²) in [5, 5.41) is 0.503. The number of ketones is 1. The van der Waals surface area contributed by atoms with Crippen molar-refractivity contribution in [3.05, 3.63) is 57.5 Å². The van der Waals surface area contributed by atoms with Gasteiger partial charge in [0, 0.05) is 14.9 Å². The van der Waals surface area contributed by atoms with Crippen molar-refractivity contribution in [1.29, 1.82) is 0 Å². The van der Waals surface area contributed by atoms with Crippen LogP contribution in [0.25, 0.3) is 0 Å². The molecule has 0 N–H and O–H groups in total. The van der Waals surface area contributed by atoms with Gasteiger partial charge in [-0.3, -0.25) is 4.79 Å². The second kappa shape index (κ2) is 7.16. The van der Waals surface area contributed by atoms with E-state index < -0.39 is 0 Å². The zero-order valence-electron chi connectivity index (χ0n) is 10.7. The minimum atomic E-state index is 0.0462. The number of hydrogen-bond acceptors (Lipinski definition) is 3. The van der Waals surface area contributed by atoms with Crippen LogP contribution in [0.4, 0.5) is 0 Å². The average Bonchev–Trinajstić information content (AvgIpc) is 2.45. The van der Waals surface area contributed by atoms with Gasteiger partial charge in [0.15, 0.2) is 5.78 Å². The number of rotatable bonds is 5. The molecule has 5 heteroatoms. The molecule has 20 heavy (non-hydrogen) atoms. The topological polar surface area (TPSA) is 26.3 Å². The molecule has 0 aromatic heterocycles. The Morgan fingerprint density at radius 3 is 2.80 bits per heavy atom. The molecule has 0 heterocycles. The summed E-state index contributed by atoms with van der Waals surface area (Å²) in [6.45, 7) is 0. The van der Waals surface area contributed by atoms with Crippen LogP contribution in [0.15, 0.2) is 51.8 Å². The van der Waals surface area contributed by atoms with E-state index in [0.717, 1.165) is 9.37 Å². The second-order valence-corrected chi connectivity index (χ2v) is 6.39. The van der Waals surface area contributed by atoms with Crippen molar-refractivity contribution in [3.8, 4) is 5.75 Å². The molecule has 2 nitrogen and oxygen atoms in total. The van der Waals surface area contributed by atoms with Gasteiger partial charge >= 0.3 is 0 Å². The molecule has 0 spiro atoms. The Labute approximate surface area is 135 Å². The Morgan fingerprint density at radius 1 is 1.30 bits per heavy atom. The van der Waals surface area contributed by atoms with Crippen LogP contribution < -0.4 is 4.74 Å². The zero-order chi connectivity index (χ0) is 14.5. The molecule has 0 aliphatic rings. The van der Waals surface area contributed by atoms with Crippen LogP contribution in [0.5, 0.6) is 5.75 Å². The summed E-state index contributed by atoms with van der Waals surface area (Å²) in [6, 6.07) is 12.9. The van der Waals surface area contributed by atoms with Crippen LogP contribution >= 0.6 is 39.3 Å². The number of thioether (sulfide) groups is 1. The van der Waals surface area contributed by atoms with Crippen molar-refractivity contribution in [3.63, 3.8) is 0 Å². The minimum absolute atomic E-state index is 0.0462. The normalized spacial score (nSPS) is 10.3. The molecule has 2 aromatic rings. The van der Waals surface area contributed by atoms with E-state index in [0.29, 0.717) is 22.1 Å². The summed E-state index contributed by atoms with van der Waals surface area (Å²) in [5.41, 5.74) is 0.605. The Kier molecular flexibility index (Phi) is 5.52. The predicted molar refractivity (Wildman–Crippen MR) is 87.2 cm³/mol. The Balaban J connectivity index is 2.05. The van der Waals surface area contributed by atoms with Crippen LogP contribution in [0.2, 0.25) is 5.02 Å². The van der Waals surface area contributed by atoms with Gasteiger partial charge in [-0.25, -0.2) is 0 Å². The predicted octanol–water partition coefficient (Wildman–Crippen LogP) is 5.09. The highest BCUT2D eigenvalue weighted by molar-refractivity contribution is 9.10. The van der Waals surface area contributed by atoms with E-state index in [4.69, 9.17) is 16.3 Å². The molecule has 0 atom stereocenters. The number of carbonyl (C=O) groups is 1. The number of benzene rings is 2. The van der Waals surface area contributed by atoms with Gasteiger partial charge in [-0.15, -0.1) is 11.8 Å². The lowest BCUT2D eigenvalue weighted by atomic mass is 10.1. The van der Waals surface area contributed by atoms with Crippen molar-refractivity contribution in [2.75, 3.05) is 12.9 Å². The third-order valence-electron chi connectivity index (χ3n) is 2.64. The fraction of sp³-hybridized carbons (Fsp3) is 0.133. The van der Waals surface area contributed by atoms with Gasteiger partial charge in [-0.2, -0.15) is 0 Å². The van der Waals surface area contributed by atoms with Gasteiger partial charge in [0.1, 0.15) is 5.75 Å². The molecule has 0 fully saturated rings. The Bertz CT molecular complexity index is 631. The minimum Gasteiger partial charge on any atom is -0.495 e. The fourth-order valence-electron chi connectivity index (χ4n) is 1.62. The van der Waals surface area contributed by atoms with Gasteiger partial charge in [0.25, 0.3) is 0 Å². The highest BCUT2D eigenvalue weighted by Crippen LogP contribution is 2.27. The molecule has 0 bridgehead atoms. The third kappa shape index (κ3) is 4.01. The molecule has 104 valence electrons. The van der Waals surface area contributed by atoms with E-state index in [2.05, 4.69) is 15.9 Å². The number of halogens is 2. The molecule has 0 unspecified atom stereocenters. The summed E-state index contributed by atoms with van der Waals surface area (Å²) < 4.78 is 6.12. The lowest BCUT2D eigenvalue weighted by Crippen LogP contribution is -2.02. The molecule has 0 saturated carbocycles. The van der Waals surface area contributed by atoms with Crippen LogP contribution in [-0.2, 0) is 0 Å². The lowest BCUT2D eigenvalue weighted by Gasteiger charge is -2.06. The first kappa shape index (κ1) is 15.4. The SMILES string of the molecule is COc1cc(C(=O)CSc2cccc(Br)c2)ccc1Cl. The molecular formula is C15H12BrClO2S. The van der Waals surface area contributed by atoms with Gasteiger partial charge in [0.2, 0.25) is 0 Å². The first-order chi connectivity index (χ1) is 9.60. The number of carbonyl (C=O) groups excluding carboxylic acids is 1. The van der Waals surface area contributed by atoms with Crippen LogP contribution in [0.3, 0.4) is 0 Å². The summed E-state index contributed by atoms with van der Waals surface area (Å²) in [7, 11) is 1.53. The van der Waals surface area contributed by atoms with E-state index in [1.807, 2.05) is 24.3 Å². The molecular weight excluding hydrogens is 360 g/mol. The van der Waals surface area contributed by atoms with E-state index in [1.165, 1.54) is 18.9 Å². The second-order valence-electron chi connectivity index (χ2n) is 4.02. The molecule has 0 radical (unpaired) electrons. The maximum absolute atomic E-state index is 12.2. The quantitative estimate of drug-likeness (QED) is 0.541. The summed E-state index contributed by atoms with van der Waals surface area (Å²) in [6.07, 6.45) is 0. The van der Waals surface area contributed by atoms with E-state index in [-0.39, 0.29) is 5.78 Å². The Hall–Kier alpha value is -0.970. The van der Waals surface area contributed by atoms with Gasteiger partial charge < -0.3 is 4.74 Å². The van der Waals surface area contributed by atoms with E-state index >= 15 is 0 Å². The molecule has 0 saturated heterocycles. The fourth-order valence-corrected chi connectivity index (χ4v) is 3.22. The van der Waals surface area contributed by atoms with Crippen molar-refractivity contribution in [1.82, 2.24) is 0 Å². The molecule has 2 rings (SSSR count). The largest absolute Gasteiger partial charge is 0.495 e. The van der Waals surface area contributed by atoms with Gasteiger partial charge in [0.05, 0.1) is 17.9 Å². The number of hydrogen-bond donors (Lipinski definition) is 0. The van der Waals surface area contributed by atoms with Crippen LogP contribution in [0, 0.1) is 0 Å². The van der Waals surface area contributed by atoms with E-state index in [9.17, 15) is 4.79 Å². The maximum atomic E-state index is 12.2. The first-order valence-corrected chi connectivity index (χ1v) is 8.01. The number of Topliss-reactive ketones (excluding diaryl/α,β-unsaturated/α-hetero) is 1. The summed E-state index contributed by atoms with van der Waals surface area (Å²) in [4.78, 5) is 13.2. The highest BCUT2D eigenvalue weighted by atomic mass is 79.9. The van der Waals surface area contributed by atoms with Crippen molar-refractivity contribution < 1.29 is 9.53 Å². The summed E-state index contributed by atoms with van der Waals surface area (Å²) in [5.74, 6) is 0.941. The van der Waals surface area contributed by atoms with Gasteiger partial charge in [-0.1, -0.05) is 33.6 Å². The summed E-state index contributed by atoms with van der Waals surface area (Å²) >= 11 is 10.9. The van der Waals surface area contributed by atoms with Crippen LogP contribution in [0.1, 0.15) is 10.4 Å². The number of methoxy groups -OCH3 is 1. The smallest absolute Gasteiger partial charge is 0.173 e. The third-order valence-corrected chi connectivity index (χ3v) is 4.44. The zero-order valence-corrected chi connectivity index (χ0v) is 13.9.